The number of rotatable bonds is 3. The molecule has 1 rings (SSSR count). The van der Waals surface area contributed by atoms with Gasteiger partial charge in [-0.2, -0.15) is 14.0 Å². The van der Waals surface area contributed by atoms with Crippen molar-refractivity contribution in [3.05, 3.63) is 26.8 Å². The van der Waals surface area contributed by atoms with E-state index >= 15 is 0 Å². The zero-order valence-electron chi connectivity index (χ0n) is 8.54. The van der Waals surface area contributed by atoms with Gasteiger partial charge in [-0.05, 0) is 34.7 Å². The highest BCUT2D eigenvalue weighted by Crippen LogP contribution is 2.28. The Kier molecular flexibility index (Phi) is 4.62. The van der Waals surface area contributed by atoms with Crippen molar-refractivity contribution in [3.63, 3.8) is 0 Å². The van der Waals surface area contributed by atoms with Crippen molar-refractivity contribution in [2.45, 2.75) is 6.61 Å². The molecule has 0 saturated heterocycles. The van der Waals surface area contributed by atoms with Crippen LogP contribution in [0.2, 0.25) is 0 Å². The van der Waals surface area contributed by atoms with Gasteiger partial charge in [-0.3, -0.25) is 0 Å². The first-order chi connectivity index (χ1) is 8.01. The van der Waals surface area contributed by atoms with Gasteiger partial charge in [0.25, 0.3) is 0 Å². The van der Waals surface area contributed by atoms with Gasteiger partial charge in [0.2, 0.25) is 0 Å². The molecule has 0 fully saturated rings. The van der Waals surface area contributed by atoms with Crippen LogP contribution in [0.1, 0.15) is 15.9 Å². The molecule has 0 N–H and O–H groups in total. The van der Waals surface area contributed by atoms with Gasteiger partial charge in [-0.25, -0.2) is 4.79 Å². The van der Waals surface area contributed by atoms with Crippen LogP contribution in [0.15, 0.2) is 12.1 Å². The van der Waals surface area contributed by atoms with Gasteiger partial charge in [0, 0.05) is 0 Å². The lowest BCUT2D eigenvalue weighted by molar-refractivity contribution is -0.0504. The lowest BCUT2D eigenvalue weighted by atomic mass is 10.1. The van der Waals surface area contributed by atoms with Crippen LogP contribution in [0.4, 0.5) is 8.78 Å². The summed E-state index contributed by atoms with van der Waals surface area (Å²) in [6, 6.07) is 4.17. The lowest BCUT2D eigenvalue weighted by Gasteiger charge is -2.10. The third-order valence-corrected chi connectivity index (χ3v) is 2.91. The number of benzene rings is 1. The largest absolute Gasteiger partial charge is 0.465 e. The minimum atomic E-state index is -2.99. The van der Waals surface area contributed by atoms with Crippen molar-refractivity contribution < 1.29 is 23.0 Å². The van der Waals surface area contributed by atoms with Crippen LogP contribution in [0.5, 0.6) is 5.75 Å². The monoisotopic (exact) mass is 353 g/mol. The van der Waals surface area contributed by atoms with Gasteiger partial charge < -0.3 is 9.47 Å². The van der Waals surface area contributed by atoms with Crippen molar-refractivity contribution in [2.75, 3.05) is 7.11 Å². The molecule has 0 atom stereocenters. The molecule has 0 aromatic heterocycles. The number of carbonyl (C=O) groups is 1. The third-order valence-electron chi connectivity index (χ3n) is 1.84. The summed E-state index contributed by atoms with van der Waals surface area (Å²) in [4.78, 5) is 11.3. The molecule has 0 saturated carbocycles. The fourth-order valence-corrected chi connectivity index (χ4v) is 1.85. The third kappa shape index (κ3) is 3.03. The number of alkyl halides is 2. The molecule has 1 aromatic carbocycles. The predicted molar refractivity (Wildman–Crippen MR) is 61.8 cm³/mol. The summed E-state index contributed by atoms with van der Waals surface area (Å²) in [5, 5.41) is 8.90. The highest BCUT2D eigenvalue weighted by Gasteiger charge is 2.19. The van der Waals surface area contributed by atoms with Gasteiger partial charge in [0.15, 0.2) is 0 Å². The average molecular weight is 353 g/mol. The average Bonchev–Trinajstić information content (AvgIpc) is 2.30. The summed E-state index contributed by atoms with van der Waals surface area (Å²) in [6.45, 7) is -2.99. The van der Waals surface area contributed by atoms with Crippen molar-refractivity contribution in [3.8, 4) is 11.8 Å². The fourth-order valence-electron chi connectivity index (χ4n) is 1.13. The van der Waals surface area contributed by atoms with Gasteiger partial charge in [-0.15, -0.1) is 0 Å². The SMILES string of the molecule is COC(=O)c1ccc(OC(F)F)c(I)c1C#N. The number of hydrogen-bond acceptors (Lipinski definition) is 4. The normalized spacial score (nSPS) is 9.88. The minimum Gasteiger partial charge on any atom is -0.465 e. The molecule has 90 valence electrons. The van der Waals surface area contributed by atoms with E-state index in [1.807, 2.05) is 0 Å². The second kappa shape index (κ2) is 5.77. The number of hydrogen-bond donors (Lipinski definition) is 0. The topological polar surface area (TPSA) is 59.3 Å². The van der Waals surface area contributed by atoms with E-state index in [-0.39, 0.29) is 20.4 Å². The number of nitriles is 1. The highest BCUT2D eigenvalue weighted by atomic mass is 127. The molecule has 7 heteroatoms. The van der Waals surface area contributed by atoms with E-state index in [1.54, 1.807) is 28.7 Å². The van der Waals surface area contributed by atoms with E-state index in [9.17, 15) is 13.6 Å². The second-order valence-electron chi connectivity index (χ2n) is 2.78. The molecule has 0 unspecified atom stereocenters. The van der Waals surface area contributed by atoms with E-state index in [2.05, 4.69) is 9.47 Å². The number of methoxy groups -OCH3 is 1. The maximum Gasteiger partial charge on any atom is 0.387 e. The van der Waals surface area contributed by atoms with Crippen LogP contribution < -0.4 is 4.74 Å². The zero-order chi connectivity index (χ0) is 13.0. The summed E-state index contributed by atoms with van der Waals surface area (Å²) < 4.78 is 33.0. The van der Waals surface area contributed by atoms with E-state index in [0.29, 0.717) is 0 Å². The molecule has 0 aliphatic rings. The van der Waals surface area contributed by atoms with Crippen molar-refractivity contribution >= 4 is 28.6 Å². The van der Waals surface area contributed by atoms with Crippen LogP contribution in [-0.4, -0.2) is 19.7 Å². The number of esters is 1. The first-order valence-corrected chi connectivity index (χ1v) is 5.34. The Morgan fingerprint density at radius 3 is 2.65 bits per heavy atom. The molecule has 17 heavy (non-hydrogen) atoms. The summed E-state index contributed by atoms with van der Waals surface area (Å²) in [5.41, 5.74) is -0.0309. The zero-order valence-corrected chi connectivity index (χ0v) is 10.7. The Morgan fingerprint density at radius 1 is 1.53 bits per heavy atom. The molecule has 0 spiro atoms. The molecule has 0 heterocycles. The van der Waals surface area contributed by atoms with Crippen LogP contribution in [-0.2, 0) is 4.74 Å². The predicted octanol–water partition coefficient (Wildman–Crippen LogP) is 2.55. The Bertz CT molecular complexity index is 485. The van der Waals surface area contributed by atoms with E-state index in [1.165, 1.54) is 19.2 Å². The number of carbonyl (C=O) groups excluding carboxylic acids is 1. The summed E-state index contributed by atoms with van der Waals surface area (Å²) in [7, 11) is 1.17. The molecular weight excluding hydrogens is 347 g/mol. The molecule has 0 aliphatic heterocycles. The van der Waals surface area contributed by atoms with E-state index in [4.69, 9.17) is 5.26 Å². The molecule has 0 aliphatic carbocycles. The maximum atomic E-state index is 12.1. The smallest absolute Gasteiger partial charge is 0.387 e. The van der Waals surface area contributed by atoms with Crippen LogP contribution in [0, 0.1) is 14.9 Å². The Hall–Kier alpha value is -1.43. The first-order valence-electron chi connectivity index (χ1n) is 4.27. The summed E-state index contributed by atoms with van der Waals surface area (Å²) in [6.07, 6.45) is 0. The molecule has 0 bridgehead atoms. The Balaban J connectivity index is 3.28. The molecule has 1 aromatic rings. The van der Waals surface area contributed by atoms with Crippen molar-refractivity contribution in [1.82, 2.24) is 0 Å². The molecule has 4 nitrogen and oxygen atoms in total. The number of ether oxygens (including phenoxy) is 2. The quantitative estimate of drug-likeness (QED) is 0.619. The van der Waals surface area contributed by atoms with Crippen molar-refractivity contribution in [1.29, 1.82) is 5.26 Å². The fraction of sp³-hybridized carbons (Fsp3) is 0.200. The van der Waals surface area contributed by atoms with Gasteiger partial charge in [0.1, 0.15) is 11.8 Å². The molecular formula is C10H6F2INO3. The van der Waals surface area contributed by atoms with Crippen molar-refractivity contribution in [2.24, 2.45) is 0 Å². The standard InChI is InChI=1S/C10H6F2INO3/c1-16-9(15)5-2-3-7(17-10(11)12)8(13)6(5)4-14/h2-3,10H,1H3. The Morgan fingerprint density at radius 2 is 2.18 bits per heavy atom. The summed E-state index contributed by atoms with van der Waals surface area (Å²) >= 11 is 1.66. The van der Waals surface area contributed by atoms with Crippen LogP contribution >= 0.6 is 22.6 Å². The lowest BCUT2D eigenvalue weighted by Crippen LogP contribution is -2.09. The molecule has 0 amide bonds. The summed E-state index contributed by atoms with van der Waals surface area (Å²) in [5.74, 6) is -0.854. The number of halogens is 3. The minimum absolute atomic E-state index is 0.0148. The highest BCUT2D eigenvalue weighted by molar-refractivity contribution is 14.1. The maximum absolute atomic E-state index is 12.1. The molecule has 0 radical (unpaired) electrons. The van der Waals surface area contributed by atoms with Gasteiger partial charge in [-0.1, -0.05) is 0 Å². The second-order valence-corrected chi connectivity index (χ2v) is 3.86. The van der Waals surface area contributed by atoms with E-state index in [0.717, 1.165) is 0 Å². The Labute approximate surface area is 109 Å². The first kappa shape index (κ1) is 13.6. The van der Waals surface area contributed by atoms with Gasteiger partial charge in [0.05, 0.1) is 21.8 Å². The van der Waals surface area contributed by atoms with Crippen LogP contribution in [0.25, 0.3) is 0 Å². The number of nitrogens with zero attached hydrogens (tertiary/aromatic N) is 1. The van der Waals surface area contributed by atoms with Gasteiger partial charge >= 0.3 is 12.6 Å². The van der Waals surface area contributed by atoms with Crippen LogP contribution in [0.3, 0.4) is 0 Å². The van der Waals surface area contributed by atoms with E-state index < -0.39 is 12.6 Å².